The van der Waals surface area contributed by atoms with Crippen LogP contribution >= 0.6 is 0 Å². The molecule has 0 spiro atoms. The Morgan fingerprint density at radius 3 is 2.76 bits per heavy atom. The van der Waals surface area contributed by atoms with Crippen molar-refractivity contribution in [1.29, 1.82) is 0 Å². The predicted octanol–water partition coefficient (Wildman–Crippen LogP) is 1.44. The number of hydrogen-bond donors (Lipinski definition) is 1. The fourth-order valence-electron chi connectivity index (χ4n) is 2.49. The SMILES string of the molecule is Cc1nnnn1-c1cccc(NC(=O)CN(C)Cc2ccncc2)c1. The van der Waals surface area contributed by atoms with E-state index in [1.165, 1.54) is 0 Å². The standard InChI is InChI=1S/C17H19N7O/c1-13-20-21-22-24(13)16-5-3-4-15(10-16)19-17(25)12-23(2)11-14-6-8-18-9-7-14/h3-10H,11-12H2,1-2H3,(H,19,25). The number of carbonyl (C=O) groups excluding carboxylic acids is 1. The Hall–Kier alpha value is -3.13. The van der Waals surface area contributed by atoms with Crippen molar-refractivity contribution in [2.24, 2.45) is 0 Å². The number of nitrogens with one attached hydrogen (secondary N) is 1. The average molecular weight is 337 g/mol. The van der Waals surface area contributed by atoms with Crippen molar-refractivity contribution in [3.05, 3.63) is 60.2 Å². The Morgan fingerprint density at radius 1 is 1.24 bits per heavy atom. The number of aryl methyl sites for hydroxylation is 1. The van der Waals surface area contributed by atoms with Crippen LogP contribution in [0, 0.1) is 6.92 Å². The van der Waals surface area contributed by atoms with E-state index in [0.29, 0.717) is 18.1 Å². The maximum absolute atomic E-state index is 12.3. The van der Waals surface area contributed by atoms with E-state index in [0.717, 1.165) is 11.3 Å². The second-order valence-corrected chi connectivity index (χ2v) is 5.76. The van der Waals surface area contributed by atoms with E-state index in [1.54, 1.807) is 17.1 Å². The molecule has 0 fully saturated rings. The second kappa shape index (κ2) is 7.63. The Balaban J connectivity index is 1.60. The third-order valence-electron chi connectivity index (χ3n) is 3.62. The van der Waals surface area contributed by atoms with E-state index in [4.69, 9.17) is 0 Å². The minimum atomic E-state index is -0.0813. The van der Waals surface area contributed by atoms with Crippen LogP contribution in [0.4, 0.5) is 5.69 Å². The number of tetrazole rings is 1. The summed E-state index contributed by atoms with van der Waals surface area (Å²) in [5.74, 6) is 0.600. The summed E-state index contributed by atoms with van der Waals surface area (Å²) in [7, 11) is 1.90. The van der Waals surface area contributed by atoms with Gasteiger partial charge >= 0.3 is 0 Å². The lowest BCUT2D eigenvalue weighted by atomic mass is 10.2. The van der Waals surface area contributed by atoms with Crippen LogP contribution in [0.3, 0.4) is 0 Å². The van der Waals surface area contributed by atoms with Gasteiger partial charge < -0.3 is 5.32 Å². The number of nitrogens with zero attached hydrogens (tertiary/aromatic N) is 6. The normalized spacial score (nSPS) is 10.8. The fourth-order valence-corrected chi connectivity index (χ4v) is 2.49. The second-order valence-electron chi connectivity index (χ2n) is 5.76. The molecule has 0 bridgehead atoms. The molecule has 2 aromatic heterocycles. The van der Waals surface area contributed by atoms with Crippen molar-refractivity contribution in [2.75, 3.05) is 18.9 Å². The molecule has 0 unspecified atom stereocenters. The smallest absolute Gasteiger partial charge is 0.238 e. The molecule has 25 heavy (non-hydrogen) atoms. The largest absolute Gasteiger partial charge is 0.325 e. The molecule has 0 radical (unpaired) electrons. The molecule has 1 aromatic carbocycles. The third-order valence-corrected chi connectivity index (χ3v) is 3.62. The summed E-state index contributed by atoms with van der Waals surface area (Å²) in [6, 6.07) is 11.3. The third kappa shape index (κ3) is 4.45. The van der Waals surface area contributed by atoms with Gasteiger partial charge in [-0.25, -0.2) is 0 Å². The summed E-state index contributed by atoms with van der Waals surface area (Å²) < 4.78 is 1.62. The van der Waals surface area contributed by atoms with Gasteiger partial charge in [0.1, 0.15) is 0 Å². The number of benzene rings is 1. The number of anilines is 1. The summed E-state index contributed by atoms with van der Waals surface area (Å²) in [6.45, 7) is 2.79. The molecule has 8 heteroatoms. The van der Waals surface area contributed by atoms with Crippen LogP contribution in [0.2, 0.25) is 0 Å². The molecular formula is C17H19N7O. The molecule has 0 atom stereocenters. The van der Waals surface area contributed by atoms with Crippen molar-refractivity contribution >= 4 is 11.6 Å². The van der Waals surface area contributed by atoms with Gasteiger partial charge in [0.2, 0.25) is 5.91 Å². The summed E-state index contributed by atoms with van der Waals surface area (Å²) in [4.78, 5) is 18.2. The van der Waals surface area contributed by atoms with E-state index in [1.807, 2.05) is 55.3 Å². The molecule has 8 nitrogen and oxygen atoms in total. The average Bonchev–Trinajstić information content (AvgIpc) is 3.02. The molecule has 2 heterocycles. The van der Waals surface area contributed by atoms with E-state index in [9.17, 15) is 4.79 Å². The van der Waals surface area contributed by atoms with Crippen LogP contribution in [-0.2, 0) is 11.3 Å². The van der Waals surface area contributed by atoms with E-state index < -0.39 is 0 Å². The zero-order valence-corrected chi connectivity index (χ0v) is 14.1. The van der Waals surface area contributed by atoms with Crippen molar-refractivity contribution in [3.63, 3.8) is 0 Å². The molecule has 1 amide bonds. The van der Waals surface area contributed by atoms with Gasteiger partial charge in [0.05, 0.1) is 12.2 Å². The first-order valence-corrected chi connectivity index (χ1v) is 7.84. The van der Waals surface area contributed by atoms with Gasteiger partial charge in [-0.3, -0.25) is 14.7 Å². The monoisotopic (exact) mass is 337 g/mol. The number of hydrogen-bond acceptors (Lipinski definition) is 6. The molecule has 0 aliphatic carbocycles. The Bertz CT molecular complexity index is 847. The highest BCUT2D eigenvalue weighted by molar-refractivity contribution is 5.92. The van der Waals surface area contributed by atoms with Crippen LogP contribution in [0.25, 0.3) is 5.69 Å². The lowest BCUT2D eigenvalue weighted by Crippen LogP contribution is -2.29. The summed E-state index contributed by atoms with van der Waals surface area (Å²) in [5.41, 5.74) is 2.61. The van der Waals surface area contributed by atoms with Crippen LogP contribution in [0.1, 0.15) is 11.4 Å². The van der Waals surface area contributed by atoms with Crippen LogP contribution in [-0.4, -0.2) is 49.6 Å². The van der Waals surface area contributed by atoms with Gasteiger partial charge in [-0.2, -0.15) is 4.68 Å². The minimum Gasteiger partial charge on any atom is -0.325 e. The van der Waals surface area contributed by atoms with E-state index in [-0.39, 0.29) is 12.5 Å². The van der Waals surface area contributed by atoms with Gasteiger partial charge in [-0.1, -0.05) is 6.07 Å². The first-order chi connectivity index (χ1) is 12.1. The van der Waals surface area contributed by atoms with E-state index >= 15 is 0 Å². The number of carbonyl (C=O) groups is 1. The number of amides is 1. The molecule has 0 aliphatic heterocycles. The molecular weight excluding hydrogens is 318 g/mol. The topological polar surface area (TPSA) is 88.8 Å². The predicted molar refractivity (Wildman–Crippen MR) is 93.1 cm³/mol. The summed E-state index contributed by atoms with van der Waals surface area (Å²) >= 11 is 0. The van der Waals surface area contributed by atoms with Crippen molar-refractivity contribution in [2.45, 2.75) is 13.5 Å². The Kier molecular flexibility index (Phi) is 5.10. The zero-order valence-electron chi connectivity index (χ0n) is 14.1. The zero-order chi connectivity index (χ0) is 17.6. The Morgan fingerprint density at radius 2 is 2.04 bits per heavy atom. The lowest BCUT2D eigenvalue weighted by molar-refractivity contribution is -0.117. The van der Waals surface area contributed by atoms with Gasteiger partial charge in [-0.05, 0) is 60.3 Å². The number of pyridine rings is 1. The number of aromatic nitrogens is 5. The molecule has 0 saturated carbocycles. The molecule has 128 valence electrons. The highest BCUT2D eigenvalue weighted by atomic mass is 16.2. The first-order valence-electron chi connectivity index (χ1n) is 7.84. The molecule has 1 N–H and O–H groups in total. The van der Waals surface area contributed by atoms with E-state index in [2.05, 4.69) is 25.8 Å². The minimum absolute atomic E-state index is 0.0813. The van der Waals surface area contributed by atoms with Crippen LogP contribution < -0.4 is 5.32 Å². The molecule has 3 aromatic rings. The quantitative estimate of drug-likeness (QED) is 0.732. The van der Waals surface area contributed by atoms with Gasteiger partial charge in [0.15, 0.2) is 5.82 Å². The first kappa shape index (κ1) is 16.7. The summed E-state index contributed by atoms with van der Waals surface area (Å²) in [5, 5.41) is 14.3. The Labute approximate surface area is 145 Å². The van der Waals surface area contributed by atoms with Gasteiger partial charge in [-0.15, -0.1) is 5.10 Å². The lowest BCUT2D eigenvalue weighted by Gasteiger charge is -2.16. The number of rotatable bonds is 6. The van der Waals surface area contributed by atoms with Gasteiger partial charge in [0.25, 0.3) is 0 Å². The van der Waals surface area contributed by atoms with Crippen molar-refractivity contribution < 1.29 is 4.79 Å². The maximum atomic E-state index is 12.3. The molecule has 0 aliphatic rings. The van der Waals surface area contributed by atoms with Gasteiger partial charge in [0, 0.05) is 24.6 Å². The molecule has 3 rings (SSSR count). The van der Waals surface area contributed by atoms with Crippen LogP contribution in [0.15, 0.2) is 48.8 Å². The number of likely N-dealkylation sites (N-methyl/N-ethyl adjacent to an activating group) is 1. The highest BCUT2D eigenvalue weighted by Gasteiger charge is 2.09. The fraction of sp³-hybridized carbons (Fsp3) is 0.235. The maximum Gasteiger partial charge on any atom is 0.238 e. The summed E-state index contributed by atoms with van der Waals surface area (Å²) in [6.07, 6.45) is 3.49. The van der Waals surface area contributed by atoms with Crippen molar-refractivity contribution in [1.82, 2.24) is 30.1 Å². The molecule has 0 saturated heterocycles. The highest BCUT2D eigenvalue weighted by Crippen LogP contribution is 2.14. The van der Waals surface area contributed by atoms with Crippen LogP contribution in [0.5, 0.6) is 0 Å². The van der Waals surface area contributed by atoms with Crippen molar-refractivity contribution in [3.8, 4) is 5.69 Å².